The second kappa shape index (κ2) is 6.23. The van der Waals surface area contributed by atoms with Crippen LogP contribution in [0.3, 0.4) is 0 Å². The molecule has 1 fully saturated rings. The summed E-state index contributed by atoms with van der Waals surface area (Å²) in [4.78, 5) is 14.8. The van der Waals surface area contributed by atoms with E-state index in [-0.39, 0.29) is 23.4 Å². The third-order valence-electron chi connectivity index (χ3n) is 4.67. The van der Waals surface area contributed by atoms with Gasteiger partial charge in [-0.15, -0.1) is 10.2 Å². The van der Waals surface area contributed by atoms with Crippen LogP contribution >= 0.6 is 0 Å². The Labute approximate surface area is 138 Å². The molecule has 2 unspecified atom stereocenters. The molecule has 3 heterocycles. The fraction of sp³-hybridized carbons (Fsp3) is 0.824. The summed E-state index contributed by atoms with van der Waals surface area (Å²) in [5.41, 5.74) is 0.136. The molecule has 0 spiro atoms. The largest absolute Gasteiger partial charge is 0.341 e. The highest BCUT2D eigenvalue weighted by atomic mass is 16.2. The van der Waals surface area contributed by atoms with Gasteiger partial charge in [0.25, 0.3) is 0 Å². The van der Waals surface area contributed by atoms with Crippen molar-refractivity contribution in [3.63, 3.8) is 0 Å². The van der Waals surface area contributed by atoms with E-state index >= 15 is 0 Å². The van der Waals surface area contributed by atoms with E-state index in [0.717, 1.165) is 57.0 Å². The van der Waals surface area contributed by atoms with Crippen LogP contribution in [-0.4, -0.2) is 44.7 Å². The fourth-order valence-electron chi connectivity index (χ4n) is 3.69. The second-order valence-corrected chi connectivity index (χ2v) is 8.13. The van der Waals surface area contributed by atoms with Crippen LogP contribution in [0.25, 0.3) is 0 Å². The molecule has 0 saturated carbocycles. The van der Waals surface area contributed by atoms with Crippen molar-refractivity contribution in [1.29, 1.82) is 0 Å². The predicted octanol–water partition coefficient (Wildman–Crippen LogP) is 1.91. The van der Waals surface area contributed by atoms with Gasteiger partial charge in [-0.1, -0.05) is 20.8 Å². The molecule has 3 rings (SSSR count). The maximum atomic E-state index is 12.8. The van der Waals surface area contributed by atoms with Crippen LogP contribution in [0, 0.1) is 5.41 Å². The van der Waals surface area contributed by atoms with Gasteiger partial charge < -0.3 is 9.47 Å². The van der Waals surface area contributed by atoms with E-state index in [4.69, 9.17) is 0 Å². The third-order valence-corrected chi connectivity index (χ3v) is 4.67. The zero-order chi connectivity index (χ0) is 16.6. The van der Waals surface area contributed by atoms with E-state index in [1.54, 1.807) is 0 Å². The Hall–Kier alpha value is -1.43. The highest BCUT2D eigenvalue weighted by Crippen LogP contribution is 2.23. The summed E-state index contributed by atoms with van der Waals surface area (Å²) < 4.78 is 2.21. The van der Waals surface area contributed by atoms with Crippen molar-refractivity contribution in [3.05, 3.63) is 11.6 Å². The Morgan fingerprint density at radius 1 is 1.26 bits per heavy atom. The molecule has 128 valence electrons. The van der Waals surface area contributed by atoms with Crippen LogP contribution in [0.5, 0.6) is 0 Å². The lowest BCUT2D eigenvalue weighted by molar-refractivity contribution is -0.137. The molecule has 23 heavy (non-hydrogen) atoms. The minimum absolute atomic E-state index is 0.0536. The van der Waals surface area contributed by atoms with Crippen molar-refractivity contribution < 1.29 is 4.79 Å². The summed E-state index contributed by atoms with van der Waals surface area (Å²) in [5.74, 6) is 2.29. The van der Waals surface area contributed by atoms with Gasteiger partial charge in [-0.25, -0.2) is 0 Å². The first-order valence-corrected chi connectivity index (χ1v) is 8.82. The first-order chi connectivity index (χ1) is 10.8. The lowest BCUT2D eigenvalue weighted by Gasteiger charge is -2.37. The van der Waals surface area contributed by atoms with Gasteiger partial charge >= 0.3 is 0 Å². The molecule has 1 aromatic rings. The van der Waals surface area contributed by atoms with Gasteiger partial charge in [-0.05, 0) is 31.6 Å². The smallest absolute Gasteiger partial charge is 0.239 e. The number of aromatic nitrogens is 3. The van der Waals surface area contributed by atoms with Crippen molar-refractivity contribution in [2.45, 2.75) is 72.0 Å². The molecule has 2 aliphatic rings. The number of hydrogen-bond acceptors (Lipinski definition) is 4. The maximum Gasteiger partial charge on any atom is 0.239 e. The van der Waals surface area contributed by atoms with Crippen molar-refractivity contribution in [1.82, 2.24) is 25.0 Å². The van der Waals surface area contributed by atoms with Crippen molar-refractivity contribution in [2.24, 2.45) is 5.41 Å². The molecule has 0 aliphatic carbocycles. The van der Waals surface area contributed by atoms with Crippen LogP contribution in [0.2, 0.25) is 0 Å². The number of fused-ring (bicyclic) bond motifs is 1. The van der Waals surface area contributed by atoms with Gasteiger partial charge in [-0.2, -0.15) is 0 Å². The first-order valence-electron chi connectivity index (χ1n) is 8.82. The Morgan fingerprint density at radius 2 is 2.04 bits per heavy atom. The van der Waals surface area contributed by atoms with Crippen LogP contribution < -0.4 is 5.32 Å². The number of amides is 1. The van der Waals surface area contributed by atoms with Crippen LogP contribution in [0.1, 0.15) is 64.6 Å². The van der Waals surface area contributed by atoms with E-state index in [1.807, 2.05) is 4.90 Å². The van der Waals surface area contributed by atoms with E-state index < -0.39 is 0 Å². The quantitative estimate of drug-likeness (QED) is 0.921. The van der Waals surface area contributed by atoms with Crippen LogP contribution in [0.15, 0.2) is 0 Å². The number of likely N-dealkylation sites (tertiary alicyclic amines) is 1. The predicted molar refractivity (Wildman–Crippen MR) is 89.0 cm³/mol. The molecule has 1 N–H and O–H groups in total. The molecule has 6 nitrogen and oxygen atoms in total. The summed E-state index contributed by atoms with van der Waals surface area (Å²) in [7, 11) is 0. The van der Waals surface area contributed by atoms with Gasteiger partial charge in [0.2, 0.25) is 5.91 Å². The number of carbonyl (C=O) groups is 1. The Bertz CT molecular complexity index is 574. The fourth-order valence-corrected chi connectivity index (χ4v) is 3.69. The van der Waals surface area contributed by atoms with Gasteiger partial charge in [0.15, 0.2) is 0 Å². The standard InChI is InChI=1S/C17H29N5O/c1-12(15-20-19-14-8-6-10-22(14)15)18-13-7-5-9-21(16(13)23)11-17(2,3)4/h12-13,18H,5-11H2,1-4H3. The van der Waals surface area contributed by atoms with E-state index in [1.165, 1.54) is 0 Å². The van der Waals surface area contributed by atoms with E-state index in [2.05, 4.69) is 47.8 Å². The third kappa shape index (κ3) is 3.57. The molecule has 1 amide bonds. The average molecular weight is 319 g/mol. The lowest BCUT2D eigenvalue weighted by Crippen LogP contribution is -2.53. The van der Waals surface area contributed by atoms with Crippen molar-refractivity contribution in [3.8, 4) is 0 Å². The van der Waals surface area contributed by atoms with Crippen LogP contribution in [0.4, 0.5) is 0 Å². The zero-order valence-electron chi connectivity index (χ0n) is 14.8. The number of piperidine rings is 1. The van der Waals surface area contributed by atoms with Gasteiger partial charge in [0.1, 0.15) is 11.6 Å². The highest BCUT2D eigenvalue weighted by Gasteiger charge is 2.33. The summed E-state index contributed by atoms with van der Waals surface area (Å²) in [5, 5.41) is 12.1. The normalized spacial score (nSPS) is 23.2. The van der Waals surface area contributed by atoms with Crippen molar-refractivity contribution >= 4 is 5.91 Å². The average Bonchev–Trinajstić information content (AvgIpc) is 3.04. The SMILES string of the molecule is CC(NC1CCCN(CC(C)(C)C)C1=O)c1nnc2n1CCC2. The molecule has 6 heteroatoms. The van der Waals surface area contributed by atoms with E-state index in [0.29, 0.717) is 0 Å². The number of nitrogens with zero attached hydrogens (tertiary/aromatic N) is 4. The number of rotatable bonds is 4. The second-order valence-electron chi connectivity index (χ2n) is 8.13. The molecule has 1 aromatic heterocycles. The van der Waals surface area contributed by atoms with Gasteiger partial charge in [-0.3, -0.25) is 10.1 Å². The zero-order valence-corrected chi connectivity index (χ0v) is 14.8. The Kier molecular flexibility index (Phi) is 4.45. The number of nitrogens with one attached hydrogen (secondary N) is 1. The Balaban J connectivity index is 1.65. The van der Waals surface area contributed by atoms with Crippen molar-refractivity contribution in [2.75, 3.05) is 13.1 Å². The number of hydrogen-bond donors (Lipinski definition) is 1. The first kappa shape index (κ1) is 16.4. The molecule has 1 saturated heterocycles. The van der Waals surface area contributed by atoms with Gasteiger partial charge in [0, 0.05) is 26.1 Å². The highest BCUT2D eigenvalue weighted by molar-refractivity contribution is 5.82. The topological polar surface area (TPSA) is 63.1 Å². The van der Waals surface area contributed by atoms with E-state index in [9.17, 15) is 4.79 Å². The number of carbonyl (C=O) groups excluding carboxylic acids is 1. The molecule has 0 bridgehead atoms. The number of aryl methyl sites for hydroxylation is 1. The molecule has 2 atom stereocenters. The molecule has 0 aromatic carbocycles. The molecule has 0 radical (unpaired) electrons. The monoisotopic (exact) mass is 319 g/mol. The van der Waals surface area contributed by atoms with Crippen LogP contribution in [-0.2, 0) is 17.8 Å². The summed E-state index contributed by atoms with van der Waals surface area (Å²) in [6.45, 7) is 11.3. The minimum Gasteiger partial charge on any atom is -0.341 e. The summed E-state index contributed by atoms with van der Waals surface area (Å²) >= 11 is 0. The van der Waals surface area contributed by atoms with Gasteiger partial charge in [0.05, 0.1) is 12.1 Å². The maximum absolute atomic E-state index is 12.8. The molecular weight excluding hydrogens is 290 g/mol. The molecular formula is C17H29N5O. The molecule has 2 aliphatic heterocycles. The Morgan fingerprint density at radius 3 is 2.78 bits per heavy atom. The lowest BCUT2D eigenvalue weighted by atomic mass is 9.93. The summed E-state index contributed by atoms with van der Waals surface area (Å²) in [6, 6.07) is -0.0478. The minimum atomic E-state index is -0.101. The summed E-state index contributed by atoms with van der Waals surface area (Å²) in [6.07, 6.45) is 4.13.